The number of hydrogen-bond donors (Lipinski definition) is 1. The van der Waals surface area contributed by atoms with E-state index in [0.717, 1.165) is 4.47 Å². The average Bonchev–Trinajstić information content (AvgIpc) is 2.89. The molecule has 0 fully saturated rings. The van der Waals surface area contributed by atoms with Crippen LogP contribution in [0.5, 0.6) is 5.75 Å². The number of hydrogen-bond acceptors (Lipinski definition) is 5. The molecule has 3 aromatic carbocycles. The predicted octanol–water partition coefficient (Wildman–Crippen LogP) is 5.06. The fourth-order valence-corrected chi connectivity index (χ4v) is 4.64. The monoisotopic (exact) mass is 566 g/mol. The molecule has 1 aliphatic heterocycles. The van der Waals surface area contributed by atoms with E-state index in [-0.39, 0.29) is 31.0 Å². The second-order valence-electron chi connectivity index (χ2n) is 8.57. The van der Waals surface area contributed by atoms with Crippen molar-refractivity contribution >= 4 is 28.0 Å². The standard InChI is InChI=1S/C27H21BrF2N4O3/c28-18-5-11-21(12-6-18)37-27(36)33-14-13-22-23(15-33)32-26(31)34(25(22)35)24(16-1-7-19(29)8-2-16)17-3-9-20(30)10-4-17/h1-12,24H,13-15H2,(H2,31,32). The zero-order valence-corrected chi connectivity index (χ0v) is 21.0. The van der Waals surface area contributed by atoms with Gasteiger partial charge in [0, 0.05) is 16.6 Å². The summed E-state index contributed by atoms with van der Waals surface area (Å²) in [5, 5.41) is 0. The summed E-state index contributed by atoms with van der Waals surface area (Å²) in [5.74, 6) is -0.546. The van der Waals surface area contributed by atoms with Crippen molar-refractivity contribution in [3.8, 4) is 5.75 Å². The largest absolute Gasteiger partial charge is 0.415 e. The number of anilines is 1. The third-order valence-electron chi connectivity index (χ3n) is 6.20. The Balaban J connectivity index is 1.49. The molecule has 0 bridgehead atoms. The zero-order chi connectivity index (χ0) is 26.1. The van der Waals surface area contributed by atoms with Crippen molar-refractivity contribution in [3.63, 3.8) is 0 Å². The lowest BCUT2D eigenvalue weighted by Crippen LogP contribution is -2.43. The number of carbonyl (C=O) groups excluding carboxylic acids is 1. The van der Waals surface area contributed by atoms with Crippen molar-refractivity contribution in [2.75, 3.05) is 12.3 Å². The van der Waals surface area contributed by atoms with Gasteiger partial charge in [0.25, 0.3) is 5.56 Å². The summed E-state index contributed by atoms with van der Waals surface area (Å²) in [4.78, 5) is 32.4. The van der Waals surface area contributed by atoms with Gasteiger partial charge < -0.3 is 15.4 Å². The molecule has 37 heavy (non-hydrogen) atoms. The fraction of sp³-hybridized carbons (Fsp3) is 0.148. The molecule has 10 heteroatoms. The third-order valence-corrected chi connectivity index (χ3v) is 6.73. The fourth-order valence-electron chi connectivity index (χ4n) is 4.38. The van der Waals surface area contributed by atoms with Crippen molar-refractivity contribution in [3.05, 3.63) is 122 Å². The molecule has 5 rings (SSSR count). The first-order chi connectivity index (χ1) is 17.8. The van der Waals surface area contributed by atoms with E-state index in [0.29, 0.717) is 28.1 Å². The maximum atomic E-state index is 13.7. The lowest BCUT2D eigenvalue weighted by molar-refractivity contribution is 0.145. The van der Waals surface area contributed by atoms with E-state index in [4.69, 9.17) is 10.5 Å². The van der Waals surface area contributed by atoms with Gasteiger partial charge in [0.1, 0.15) is 17.4 Å². The minimum atomic E-state index is -0.758. The summed E-state index contributed by atoms with van der Waals surface area (Å²) in [6.07, 6.45) is -0.316. The topological polar surface area (TPSA) is 90.5 Å². The summed E-state index contributed by atoms with van der Waals surface area (Å²) >= 11 is 3.34. The lowest BCUT2D eigenvalue weighted by Gasteiger charge is -2.29. The number of rotatable bonds is 4. The highest BCUT2D eigenvalue weighted by atomic mass is 79.9. The summed E-state index contributed by atoms with van der Waals surface area (Å²) in [6, 6.07) is 17.4. The number of aromatic nitrogens is 2. The number of amides is 1. The second kappa shape index (κ2) is 10.1. The molecular formula is C27H21BrF2N4O3. The summed E-state index contributed by atoms with van der Waals surface area (Å²) < 4.78 is 34.9. The van der Waals surface area contributed by atoms with Crippen molar-refractivity contribution < 1.29 is 18.3 Å². The first-order valence-electron chi connectivity index (χ1n) is 11.4. The Labute approximate surface area is 219 Å². The quantitative estimate of drug-likeness (QED) is 0.373. The van der Waals surface area contributed by atoms with Crippen LogP contribution in [0.2, 0.25) is 0 Å². The van der Waals surface area contributed by atoms with Gasteiger partial charge in [-0.25, -0.2) is 18.6 Å². The first kappa shape index (κ1) is 24.6. The molecule has 0 spiro atoms. The van der Waals surface area contributed by atoms with E-state index in [1.165, 1.54) is 33.7 Å². The van der Waals surface area contributed by atoms with E-state index in [2.05, 4.69) is 20.9 Å². The zero-order valence-electron chi connectivity index (χ0n) is 19.4. The Kier molecular flexibility index (Phi) is 6.75. The Bertz CT molecular complexity index is 1460. The predicted molar refractivity (Wildman–Crippen MR) is 137 cm³/mol. The van der Waals surface area contributed by atoms with Crippen LogP contribution in [0.15, 0.2) is 82.1 Å². The average molecular weight is 567 g/mol. The molecule has 1 amide bonds. The number of benzene rings is 3. The Morgan fingerprint density at radius 1 is 0.946 bits per heavy atom. The van der Waals surface area contributed by atoms with Crippen LogP contribution in [0, 0.1) is 11.6 Å². The highest BCUT2D eigenvalue weighted by Gasteiger charge is 2.29. The van der Waals surface area contributed by atoms with Gasteiger partial charge >= 0.3 is 6.09 Å². The normalized spacial score (nSPS) is 12.9. The molecule has 2 heterocycles. The number of fused-ring (bicyclic) bond motifs is 1. The minimum Gasteiger partial charge on any atom is -0.410 e. The van der Waals surface area contributed by atoms with Crippen molar-refractivity contribution in [2.24, 2.45) is 0 Å². The van der Waals surface area contributed by atoms with Crippen LogP contribution in [0.3, 0.4) is 0 Å². The molecule has 188 valence electrons. The highest BCUT2D eigenvalue weighted by Crippen LogP contribution is 2.29. The van der Waals surface area contributed by atoms with E-state index >= 15 is 0 Å². The second-order valence-corrected chi connectivity index (χ2v) is 9.49. The molecule has 0 atom stereocenters. The van der Waals surface area contributed by atoms with Crippen LogP contribution in [-0.4, -0.2) is 27.1 Å². The third kappa shape index (κ3) is 5.10. The Hall–Kier alpha value is -4.05. The van der Waals surface area contributed by atoms with Crippen LogP contribution in [0.4, 0.5) is 19.5 Å². The number of nitrogen functional groups attached to an aromatic ring is 1. The smallest absolute Gasteiger partial charge is 0.410 e. The van der Waals surface area contributed by atoms with Gasteiger partial charge in [0.2, 0.25) is 5.95 Å². The molecule has 0 unspecified atom stereocenters. The van der Waals surface area contributed by atoms with Crippen LogP contribution < -0.4 is 16.0 Å². The molecule has 4 aromatic rings. The number of ether oxygens (including phenoxy) is 1. The molecular weight excluding hydrogens is 546 g/mol. The van der Waals surface area contributed by atoms with E-state index in [1.807, 2.05) is 0 Å². The first-order valence-corrected chi connectivity index (χ1v) is 12.2. The summed E-state index contributed by atoms with van der Waals surface area (Å²) in [5.41, 5.74) is 7.91. The molecule has 7 nitrogen and oxygen atoms in total. The van der Waals surface area contributed by atoms with Gasteiger partial charge in [-0.3, -0.25) is 9.36 Å². The van der Waals surface area contributed by atoms with Gasteiger partial charge in [-0.15, -0.1) is 0 Å². The van der Waals surface area contributed by atoms with Gasteiger partial charge in [0.05, 0.1) is 18.3 Å². The van der Waals surface area contributed by atoms with Gasteiger partial charge in [-0.05, 0) is 66.1 Å². The number of halogens is 3. The summed E-state index contributed by atoms with van der Waals surface area (Å²) in [6.45, 7) is 0.309. The molecule has 0 radical (unpaired) electrons. The maximum Gasteiger partial charge on any atom is 0.415 e. The van der Waals surface area contributed by atoms with Crippen LogP contribution in [0.1, 0.15) is 28.4 Å². The van der Waals surface area contributed by atoms with E-state index in [1.54, 1.807) is 48.5 Å². The number of nitrogens with zero attached hydrogens (tertiary/aromatic N) is 3. The minimum absolute atomic E-state index is 0.0583. The van der Waals surface area contributed by atoms with Crippen LogP contribution >= 0.6 is 15.9 Å². The number of nitrogens with two attached hydrogens (primary N) is 1. The molecule has 0 saturated carbocycles. The molecule has 0 saturated heterocycles. The molecule has 2 N–H and O–H groups in total. The van der Waals surface area contributed by atoms with E-state index in [9.17, 15) is 18.4 Å². The van der Waals surface area contributed by atoms with Crippen molar-refractivity contribution in [1.29, 1.82) is 0 Å². The van der Waals surface area contributed by atoms with Crippen LogP contribution in [-0.2, 0) is 13.0 Å². The van der Waals surface area contributed by atoms with Gasteiger partial charge in [-0.1, -0.05) is 40.2 Å². The Morgan fingerprint density at radius 2 is 1.51 bits per heavy atom. The Morgan fingerprint density at radius 3 is 2.08 bits per heavy atom. The summed E-state index contributed by atoms with van der Waals surface area (Å²) in [7, 11) is 0. The lowest BCUT2D eigenvalue weighted by atomic mass is 9.97. The number of carbonyl (C=O) groups is 1. The van der Waals surface area contributed by atoms with Crippen LogP contribution in [0.25, 0.3) is 0 Å². The highest BCUT2D eigenvalue weighted by molar-refractivity contribution is 9.10. The van der Waals surface area contributed by atoms with Crippen molar-refractivity contribution in [1.82, 2.24) is 14.5 Å². The SMILES string of the molecule is Nc1nc2c(c(=O)n1C(c1ccc(F)cc1)c1ccc(F)cc1)CCN(C(=O)Oc1ccc(Br)cc1)C2. The van der Waals surface area contributed by atoms with Gasteiger partial charge in [-0.2, -0.15) is 0 Å². The van der Waals surface area contributed by atoms with Gasteiger partial charge in [0.15, 0.2) is 0 Å². The molecule has 1 aliphatic rings. The molecule has 0 aliphatic carbocycles. The van der Waals surface area contributed by atoms with E-state index < -0.39 is 23.8 Å². The maximum absolute atomic E-state index is 13.7. The van der Waals surface area contributed by atoms with Crippen molar-refractivity contribution in [2.45, 2.75) is 19.0 Å². The molecule has 1 aromatic heterocycles.